The Labute approximate surface area is 209 Å². The van der Waals surface area contributed by atoms with Crippen molar-refractivity contribution in [1.29, 1.82) is 5.41 Å². The van der Waals surface area contributed by atoms with Crippen LogP contribution in [0.15, 0.2) is 72.8 Å². The van der Waals surface area contributed by atoms with Gasteiger partial charge in [-0.25, -0.2) is 0 Å². The highest BCUT2D eigenvalue weighted by Gasteiger charge is 2.18. The molecule has 1 amide bonds. The lowest BCUT2D eigenvalue weighted by molar-refractivity contribution is -0.129. The molecule has 7 heteroatoms. The molecule has 35 heavy (non-hydrogen) atoms. The first-order valence-corrected chi connectivity index (χ1v) is 12.1. The van der Waals surface area contributed by atoms with Gasteiger partial charge >= 0.3 is 0 Å². The van der Waals surface area contributed by atoms with Crippen molar-refractivity contribution < 1.29 is 9.59 Å². The number of Topliss-reactive ketones (excluding diaryl/α,β-unsaturated/α-hetero) is 1. The molecule has 1 aromatic heterocycles. The number of likely N-dealkylation sites (N-methyl/N-ethyl adjacent to an activating group) is 1. The number of nitrogens with zero attached hydrogens (tertiary/aromatic N) is 3. The van der Waals surface area contributed by atoms with Gasteiger partial charge in [0.15, 0.2) is 5.78 Å². The van der Waals surface area contributed by atoms with E-state index in [1.807, 2.05) is 53.1 Å². The predicted molar refractivity (Wildman–Crippen MR) is 139 cm³/mol. The molecular formula is C28H29ClN4O2. The van der Waals surface area contributed by atoms with Crippen molar-refractivity contribution >= 4 is 34.3 Å². The van der Waals surface area contributed by atoms with Crippen LogP contribution in [0.25, 0.3) is 11.0 Å². The Morgan fingerprint density at radius 1 is 0.943 bits per heavy atom. The molecule has 0 radical (unpaired) electrons. The third-order valence-corrected chi connectivity index (χ3v) is 6.55. The molecule has 0 saturated heterocycles. The largest absolute Gasteiger partial charge is 0.344 e. The number of hydrogen-bond acceptors (Lipinski definition) is 3. The number of fused-ring (bicyclic) bond motifs is 1. The van der Waals surface area contributed by atoms with E-state index in [9.17, 15) is 9.59 Å². The van der Waals surface area contributed by atoms with Crippen LogP contribution in [0.3, 0.4) is 0 Å². The van der Waals surface area contributed by atoms with E-state index >= 15 is 0 Å². The standard InChI is InChI=1S/C28H29ClN4O2/c1-3-21-10-7-11-24-27(21)32(17-16-31(2)26(35)18-20-8-5-4-6-9-20)28(30)33(24)19-25(34)22-12-14-23(29)15-13-22/h4-15,30H,3,16-19H2,1-2H3. The zero-order valence-electron chi connectivity index (χ0n) is 20.0. The summed E-state index contributed by atoms with van der Waals surface area (Å²) >= 11 is 5.97. The highest BCUT2D eigenvalue weighted by Crippen LogP contribution is 2.20. The summed E-state index contributed by atoms with van der Waals surface area (Å²) in [6, 6.07) is 22.4. The van der Waals surface area contributed by atoms with E-state index in [1.165, 1.54) is 0 Å². The number of nitrogens with one attached hydrogen (secondary N) is 1. The number of carbonyl (C=O) groups excluding carboxylic acids is 2. The van der Waals surface area contributed by atoms with Gasteiger partial charge in [-0.3, -0.25) is 15.0 Å². The topological polar surface area (TPSA) is 71.1 Å². The molecule has 0 aliphatic carbocycles. The number of ketones is 1. The van der Waals surface area contributed by atoms with Gasteiger partial charge in [0, 0.05) is 30.7 Å². The maximum absolute atomic E-state index is 13.0. The molecule has 4 rings (SSSR count). The highest BCUT2D eigenvalue weighted by molar-refractivity contribution is 6.30. The Bertz CT molecular complexity index is 1400. The third kappa shape index (κ3) is 5.38. The minimum Gasteiger partial charge on any atom is -0.344 e. The summed E-state index contributed by atoms with van der Waals surface area (Å²) in [4.78, 5) is 27.5. The van der Waals surface area contributed by atoms with E-state index in [2.05, 4.69) is 6.92 Å². The van der Waals surface area contributed by atoms with Crippen LogP contribution >= 0.6 is 11.6 Å². The molecule has 0 atom stereocenters. The zero-order valence-corrected chi connectivity index (χ0v) is 20.8. The summed E-state index contributed by atoms with van der Waals surface area (Å²) in [6.07, 6.45) is 1.14. The van der Waals surface area contributed by atoms with Gasteiger partial charge in [0.05, 0.1) is 24.0 Å². The number of hydrogen-bond donors (Lipinski definition) is 1. The SMILES string of the molecule is CCc1cccc2c1n(CCN(C)C(=O)Cc1ccccc1)c(=N)n2CC(=O)c1ccc(Cl)cc1. The van der Waals surface area contributed by atoms with E-state index in [0.717, 1.165) is 28.6 Å². The number of aryl methyl sites for hydroxylation is 1. The summed E-state index contributed by atoms with van der Waals surface area (Å²) in [5.74, 6) is -0.0584. The summed E-state index contributed by atoms with van der Waals surface area (Å²) in [6.45, 7) is 3.06. The van der Waals surface area contributed by atoms with Gasteiger partial charge in [0.25, 0.3) is 0 Å². The molecule has 0 aliphatic heterocycles. The fourth-order valence-corrected chi connectivity index (χ4v) is 4.41. The average molecular weight is 489 g/mol. The Hall–Kier alpha value is -3.64. The fraction of sp³-hybridized carbons (Fsp3) is 0.250. The van der Waals surface area contributed by atoms with Gasteiger partial charge in [-0.1, -0.05) is 61.0 Å². The third-order valence-electron chi connectivity index (χ3n) is 6.30. The molecule has 0 fully saturated rings. The first-order chi connectivity index (χ1) is 16.9. The van der Waals surface area contributed by atoms with Gasteiger partial charge in [-0.15, -0.1) is 0 Å². The lowest BCUT2D eigenvalue weighted by Crippen LogP contribution is -2.34. The molecule has 1 N–H and O–H groups in total. The summed E-state index contributed by atoms with van der Waals surface area (Å²) < 4.78 is 3.66. The number of para-hydroxylation sites is 1. The Kier molecular flexibility index (Phi) is 7.51. The smallest absolute Gasteiger partial charge is 0.226 e. The second-order valence-corrected chi connectivity index (χ2v) is 9.04. The van der Waals surface area contributed by atoms with E-state index < -0.39 is 0 Å². The van der Waals surface area contributed by atoms with Crippen molar-refractivity contribution in [2.45, 2.75) is 32.9 Å². The molecule has 0 spiro atoms. The predicted octanol–water partition coefficient (Wildman–Crippen LogP) is 4.72. The number of aromatic nitrogens is 2. The van der Waals surface area contributed by atoms with Crippen molar-refractivity contribution in [2.75, 3.05) is 13.6 Å². The molecule has 0 aliphatic rings. The van der Waals surface area contributed by atoms with Gasteiger partial charge in [0.1, 0.15) is 0 Å². The highest BCUT2D eigenvalue weighted by atomic mass is 35.5. The molecule has 4 aromatic rings. The van der Waals surface area contributed by atoms with Crippen LogP contribution in [0.1, 0.15) is 28.4 Å². The van der Waals surface area contributed by atoms with E-state index in [1.54, 1.807) is 40.8 Å². The monoisotopic (exact) mass is 488 g/mol. The quantitative estimate of drug-likeness (QED) is 0.346. The molecular weight excluding hydrogens is 460 g/mol. The van der Waals surface area contributed by atoms with Crippen molar-refractivity contribution in [1.82, 2.24) is 14.0 Å². The molecule has 0 saturated carbocycles. The number of benzene rings is 3. The number of amides is 1. The van der Waals surface area contributed by atoms with Crippen molar-refractivity contribution in [3.05, 3.63) is 100 Å². The van der Waals surface area contributed by atoms with Crippen LogP contribution in [0.2, 0.25) is 5.02 Å². The van der Waals surface area contributed by atoms with Crippen LogP contribution in [-0.4, -0.2) is 39.3 Å². The maximum atomic E-state index is 13.0. The van der Waals surface area contributed by atoms with Crippen LogP contribution in [0.4, 0.5) is 0 Å². The first kappa shape index (κ1) is 24.5. The molecule has 6 nitrogen and oxygen atoms in total. The van der Waals surface area contributed by atoms with Crippen LogP contribution in [0.5, 0.6) is 0 Å². The van der Waals surface area contributed by atoms with Gasteiger partial charge < -0.3 is 14.0 Å². The Balaban J connectivity index is 1.60. The Morgan fingerprint density at radius 2 is 1.66 bits per heavy atom. The summed E-state index contributed by atoms with van der Waals surface area (Å²) in [5, 5.41) is 9.49. The van der Waals surface area contributed by atoms with E-state index in [-0.39, 0.29) is 23.9 Å². The summed E-state index contributed by atoms with van der Waals surface area (Å²) in [5.41, 5.74) is 4.66. The lowest BCUT2D eigenvalue weighted by atomic mass is 10.1. The van der Waals surface area contributed by atoms with Gasteiger partial charge in [-0.05, 0) is 47.9 Å². The van der Waals surface area contributed by atoms with Crippen molar-refractivity contribution in [3.63, 3.8) is 0 Å². The van der Waals surface area contributed by atoms with Crippen molar-refractivity contribution in [3.8, 4) is 0 Å². The van der Waals surface area contributed by atoms with Gasteiger partial charge in [0.2, 0.25) is 11.5 Å². The lowest BCUT2D eigenvalue weighted by Gasteiger charge is -2.18. The fourth-order valence-electron chi connectivity index (χ4n) is 4.29. The number of carbonyl (C=O) groups is 2. The zero-order chi connectivity index (χ0) is 24.9. The van der Waals surface area contributed by atoms with Crippen LogP contribution < -0.4 is 5.62 Å². The molecule has 1 heterocycles. The second kappa shape index (κ2) is 10.7. The number of rotatable bonds is 9. The van der Waals surface area contributed by atoms with Crippen molar-refractivity contribution in [2.24, 2.45) is 0 Å². The average Bonchev–Trinajstić information content (AvgIpc) is 3.14. The Morgan fingerprint density at radius 3 is 2.34 bits per heavy atom. The molecule has 0 bridgehead atoms. The van der Waals surface area contributed by atoms with Crippen LogP contribution in [0, 0.1) is 5.41 Å². The molecule has 0 unspecified atom stereocenters. The van der Waals surface area contributed by atoms with E-state index in [4.69, 9.17) is 17.0 Å². The molecule has 3 aromatic carbocycles. The number of halogens is 1. The molecule has 180 valence electrons. The minimum atomic E-state index is -0.0868. The number of imidazole rings is 1. The minimum absolute atomic E-state index is 0.0284. The van der Waals surface area contributed by atoms with Crippen LogP contribution in [-0.2, 0) is 30.7 Å². The second-order valence-electron chi connectivity index (χ2n) is 8.61. The van der Waals surface area contributed by atoms with Gasteiger partial charge in [-0.2, -0.15) is 0 Å². The first-order valence-electron chi connectivity index (χ1n) is 11.7. The normalized spacial score (nSPS) is 11.1. The maximum Gasteiger partial charge on any atom is 0.226 e. The summed E-state index contributed by atoms with van der Waals surface area (Å²) in [7, 11) is 1.79. The van der Waals surface area contributed by atoms with E-state index in [0.29, 0.717) is 30.1 Å².